The van der Waals surface area contributed by atoms with Gasteiger partial charge in [-0.1, -0.05) is 18.2 Å². The van der Waals surface area contributed by atoms with Crippen LogP contribution in [0, 0.1) is 11.2 Å². The molecule has 0 unspecified atom stereocenters. The Kier molecular flexibility index (Phi) is 4.77. The van der Waals surface area contributed by atoms with Gasteiger partial charge in [0.05, 0.1) is 0 Å². The van der Waals surface area contributed by atoms with E-state index in [0.29, 0.717) is 0 Å². The van der Waals surface area contributed by atoms with E-state index in [2.05, 4.69) is 0 Å². The monoisotopic (exact) mass is 266 g/mol. The van der Waals surface area contributed by atoms with Crippen molar-refractivity contribution in [3.63, 3.8) is 0 Å². The van der Waals surface area contributed by atoms with Crippen LogP contribution in [0.25, 0.3) is 0 Å². The lowest BCUT2D eigenvalue weighted by molar-refractivity contribution is -0.0420. The molecule has 0 fully saturated rings. The van der Waals surface area contributed by atoms with Gasteiger partial charge in [0, 0.05) is 10.8 Å². The molecule has 0 aliphatic rings. The minimum absolute atomic E-state index is 0. The molecule has 0 spiro atoms. The average Bonchev–Trinajstić information content (AvgIpc) is 2.15. The quantitative estimate of drug-likeness (QED) is 0.505. The van der Waals surface area contributed by atoms with Crippen molar-refractivity contribution < 1.29 is 21.6 Å². The van der Waals surface area contributed by atoms with Crippen molar-refractivity contribution in [1.29, 1.82) is 0 Å². The fraction of sp³-hybridized carbons (Fsp3) is 0.111. The van der Waals surface area contributed by atoms with E-state index in [-0.39, 0.29) is 16.5 Å². The second kappa shape index (κ2) is 5.18. The van der Waals surface area contributed by atoms with Crippen LogP contribution in [0.5, 0.6) is 0 Å². The number of halogens is 3. The molecule has 0 saturated heterocycles. The van der Waals surface area contributed by atoms with Crippen LogP contribution in [0.1, 0.15) is 5.56 Å². The maximum Gasteiger partial charge on any atom is 0.509 e. The van der Waals surface area contributed by atoms with Gasteiger partial charge in [-0.25, -0.2) is 8.42 Å². The number of benzene rings is 1. The minimum Gasteiger partial charge on any atom is -0.206 e. The first-order chi connectivity index (χ1) is 6.83. The van der Waals surface area contributed by atoms with E-state index in [1.165, 1.54) is 17.4 Å². The first-order valence-corrected chi connectivity index (χ1v) is 5.20. The summed E-state index contributed by atoms with van der Waals surface area (Å²) in [6.45, 7) is 0. The van der Waals surface area contributed by atoms with Crippen molar-refractivity contribution in [1.82, 2.24) is 0 Å². The van der Waals surface area contributed by atoms with Crippen LogP contribution in [0.3, 0.4) is 0 Å². The molecule has 0 bridgehead atoms. The highest BCUT2D eigenvalue weighted by molar-refractivity contribution is 7.96. The van der Waals surface area contributed by atoms with E-state index in [1.807, 2.05) is 5.92 Å². The molecule has 0 aromatic heterocycles. The van der Waals surface area contributed by atoms with Crippen molar-refractivity contribution in [2.24, 2.45) is 0 Å². The summed E-state index contributed by atoms with van der Waals surface area (Å²) in [5.41, 5.74) is -5.11. The van der Waals surface area contributed by atoms with Crippen molar-refractivity contribution >= 4 is 20.8 Å². The Morgan fingerprint density at radius 3 is 2.00 bits per heavy atom. The average molecular weight is 266 g/mol. The van der Waals surface area contributed by atoms with E-state index in [4.69, 9.17) is 0 Å². The fourth-order valence-corrected chi connectivity index (χ4v) is 1.07. The van der Waals surface area contributed by atoms with Crippen LogP contribution < -0.4 is 0 Å². The van der Waals surface area contributed by atoms with Crippen LogP contribution in [-0.4, -0.2) is 24.9 Å². The van der Waals surface area contributed by atoms with Crippen LogP contribution in [-0.2, 0) is 9.84 Å². The molecule has 1 aromatic carbocycles. The molecule has 0 radical (unpaired) electrons. The molecule has 0 heterocycles. The lowest BCUT2D eigenvalue weighted by Gasteiger charge is -1.99. The van der Waals surface area contributed by atoms with Gasteiger partial charge in [-0.3, -0.25) is 0 Å². The second-order valence-corrected chi connectivity index (χ2v) is 4.22. The molecule has 2 nitrogen and oxygen atoms in total. The maximum absolute atomic E-state index is 11.8. The zero-order valence-electron chi connectivity index (χ0n) is 7.25. The molecule has 1 aromatic rings. The van der Waals surface area contributed by atoms with Gasteiger partial charge in [-0.05, 0) is 29.0 Å². The Labute approximate surface area is 95.4 Å². The Bertz CT molecular complexity index is 497. The van der Waals surface area contributed by atoms with Crippen LogP contribution in [0.4, 0.5) is 13.2 Å². The number of alkyl halides is 3. The molecule has 1 rings (SSSR count). The van der Waals surface area contributed by atoms with Gasteiger partial charge in [0.1, 0.15) is 0 Å². The summed E-state index contributed by atoms with van der Waals surface area (Å²) in [7, 11) is -5.36. The number of rotatable bonds is 0. The molecule has 7 heteroatoms. The standard InChI is InChI=1S/C9H5F3O2S.H4Si/c10-9(11,12)15(13,14)7-6-8-4-2-1-3-5-8;/h1-5H;1H4. The number of sulfone groups is 1. The highest BCUT2D eigenvalue weighted by atomic mass is 32.2. The van der Waals surface area contributed by atoms with Gasteiger partial charge in [0.25, 0.3) is 0 Å². The first-order valence-electron chi connectivity index (χ1n) is 3.72. The predicted molar refractivity (Wildman–Crippen MR) is 59.6 cm³/mol. The fourth-order valence-electron chi connectivity index (χ4n) is 0.705. The van der Waals surface area contributed by atoms with Gasteiger partial charge in [0.2, 0.25) is 0 Å². The summed E-state index contributed by atoms with van der Waals surface area (Å²) >= 11 is 0. The van der Waals surface area contributed by atoms with Crippen LogP contribution in [0.15, 0.2) is 30.3 Å². The maximum atomic E-state index is 11.8. The topological polar surface area (TPSA) is 34.1 Å². The van der Waals surface area contributed by atoms with Crippen molar-refractivity contribution in [3.8, 4) is 11.2 Å². The molecule has 88 valence electrons. The molecule has 16 heavy (non-hydrogen) atoms. The third-order valence-corrected chi connectivity index (χ3v) is 2.39. The summed E-state index contributed by atoms with van der Waals surface area (Å²) in [5.74, 6) is 1.93. The molecule has 0 aliphatic carbocycles. The molecule has 0 atom stereocenters. The van der Waals surface area contributed by atoms with E-state index >= 15 is 0 Å². The molecule has 0 saturated carbocycles. The molecular formula is C9H9F3O2SSi. The summed E-state index contributed by atoms with van der Waals surface area (Å²) in [4.78, 5) is 0. The second-order valence-electron chi connectivity index (χ2n) is 2.54. The summed E-state index contributed by atoms with van der Waals surface area (Å²) in [6, 6.07) is 7.57. The number of hydrogen-bond donors (Lipinski definition) is 0. The minimum atomic E-state index is -5.36. The van der Waals surface area contributed by atoms with Crippen molar-refractivity contribution in [2.75, 3.05) is 0 Å². The van der Waals surface area contributed by atoms with E-state index in [9.17, 15) is 21.6 Å². The highest BCUT2D eigenvalue weighted by Crippen LogP contribution is 2.22. The smallest absolute Gasteiger partial charge is 0.206 e. The molecule has 0 aliphatic heterocycles. The third kappa shape index (κ3) is 3.71. The third-order valence-electron chi connectivity index (χ3n) is 1.41. The largest absolute Gasteiger partial charge is 0.509 e. The highest BCUT2D eigenvalue weighted by Gasteiger charge is 2.44. The van der Waals surface area contributed by atoms with Crippen LogP contribution in [0.2, 0.25) is 0 Å². The van der Waals surface area contributed by atoms with E-state index in [1.54, 1.807) is 18.2 Å². The zero-order chi connectivity index (χ0) is 11.5. The van der Waals surface area contributed by atoms with Gasteiger partial charge in [-0.15, -0.1) is 0 Å². The van der Waals surface area contributed by atoms with Gasteiger partial charge >= 0.3 is 15.3 Å². The zero-order valence-corrected chi connectivity index (χ0v) is 8.06. The molecular weight excluding hydrogens is 257 g/mol. The van der Waals surface area contributed by atoms with E-state index in [0.717, 1.165) is 0 Å². The summed E-state index contributed by atoms with van der Waals surface area (Å²) < 4.78 is 56.6. The Morgan fingerprint density at radius 1 is 1.06 bits per heavy atom. The number of hydrogen-bond acceptors (Lipinski definition) is 2. The SMILES string of the molecule is O=S(=O)(C#Cc1ccccc1)C(F)(F)F.[SiH4]. The summed E-state index contributed by atoms with van der Waals surface area (Å²) in [5, 5.41) is 1.21. The normalized spacial score (nSPS) is 10.9. The Balaban J connectivity index is 0.00000225. The lowest BCUT2D eigenvalue weighted by Crippen LogP contribution is -2.20. The van der Waals surface area contributed by atoms with Crippen molar-refractivity contribution in [2.45, 2.75) is 5.51 Å². The first kappa shape index (κ1) is 14.7. The van der Waals surface area contributed by atoms with Gasteiger partial charge in [-0.2, -0.15) is 13.2 Å². The van der Waals surface area contributed by atoms with Gasteiger partial charge in [0.15, 0.2) is 0 Å². The summed E-state index contributed by atoms with van der Waals surface area (Å²) in [6.07, 6.45) is 0. The predicted octanol–water partition coefficient (Wildman–Crippen LogP) is 0.479. The van der Waals surface area contributed by atoms with Crippen molar-refractivity contribution in [3.05, 3.63) is 35.9 Å². The lowest BCUT2D eigenvalue weighted by atomic mass is 10.2. The molecule has 0 N–H and O–H groups in total. The Hall–Kier alpha value is -1.26. The van der Waals surface area contributed by atoms with Crippen LogP contribution >= 0.6 is 0 Å². The van der Waals surface area contributed by atoms with E-state index < -0.39 is 15.3 Å². The van der Waals surface area contributed by atoms with Gasteiger partial charge < -0.3 is 0 Å². The Morgan fingerprint density at radius 2 is 1.56 bits per heavy atom. The molecule has 0 amide bonds.